The quantitative estimate of drug-likeness (QED) is 0.288. The molecule has 0 radical (unpaired) electrons. The number of benzene rings is 1. The van der Waals surface area contributed by atoms with Crippen molar-refractivity contribution in [3.63, 3.8) is 0 Å². The number of hydrogen-bond donors (Lipinski definition) is 0. The number of halogens is 4. The third kappa shape index (κ3) is 6.05. The molecule has 0 aliphatic rings. The average Bonchev–Trinajstić information content (AvgIpc) is 3.10. The van der Waals surface area contributed by atoms with Crippen molar-refractivity contribution in [2.45, 2.75) is 25.9 Å². The summed E-state index contributed by atoms with van der Waals surface area (Å²) in [5, 5.41) is 4.18. The fraction of sp³-hybridized carbons (Fsp3) is 0.333. The Labute approximate surface area is 169 Å². The fourth-order valence-corrected chi connectivity index (χ4v) is 2.47. The Hall–Kier alpha value is -2.88. The minimum Gasteiger partial charge on any atom is -0.494 e. The molecule has 156 valence electrons. The maximum atomic E-state index is 12.4. The Morgan fingerprint density at radius 2 is 2.03 bits per heavy atom. The number of rotatable bonds is 7. The second-order valence-corrected chi connectivity index (χ2v) is 6.18. The maximum absolute atomic E-state index is 12.4. The van der Waals surface area contributed by atoms with Gasteiger partial charge in [-0.25, -0.2) is 19.3 Å². The molecule has 0 atom stereocenters. The van der Waals surface area contributed by atoms with E-state index in [0.717, 1.165) is 0 Å². The second kappa shape index (κ2) is 9.55. The number of carbonyl (C=O) groups is 2. The highest BCUT2D eigenvalue weighted by molar-refractivity contribution is 6.17. The lowest BCUT2D eigenvalue weighted by Crippen LogP contribution is -2.28. The highest BCUT2D eigenvalue weighted by Crippen LogP contribution is 2.26. The lowest BCUT2D eigenvalue weighted by atomic mass is 10.1. The topological polar surface area (TPSA) is 83.3 Å². The van der Waals surface area contributed by atoms with E-state index >= 15 is 0 Å². The zero-order chi connectivity index (χ0) is 21.6. The van der Waals surface area contributed by atoms with E-state index in [0.29, 0.717) is 29.2 Å². The van der Waals surface area contributed by atoms with Gasteiger partial charge in [-0.3, -0.25) is 0 Å². The largest absolute Gasteiger partial charge is 0.494 e. The van der Waals surface area contributed by atoms with Crippen LogP contribution in [0.2, 0.25) is 0 Å². The molecule has 0 aliphatic heterocycles. The molecule has 0 saturated carbocycles. The van der Waals surface area contributed by atoms with Gasteiger partial charge in [0, 0.05) is 11.5 Å². The van der Waals surface area contributed by atoms with Gasteiger partial charge in [-0.2, -0.15) is 18.3 Å². The monoisotopic (exact) mass is 431 g/mol. The predicted molar refractivity (Wildman–Crippen MR) is 97.7 cm³/mol. The summed E-state index contributed by atoms with van der Waals surface area (Å²) in [4.78, 5) is 27.0. The Morgan fingerprint density at radius 3 is 2.59 bits per heavy atom. The number of nitrogens with zero attached hydrogens (tertiary/aromatic N) is 3. The number of esters is 2. The van der Waals surface area contributed by atoms with Gasteiger partial charge in [0.05, 0.1) is 7.11 Å². The van der Waals surface area contributed by atoms with E-state index in [9.17, 15) is 22.8 Å². The number of alkyl halides is 4. The Kier molecular flexibility index (Phi) is 7.38. The zero-order valence-corrected chi connectivity index (χ0v) is 16.3. The van der Waals surface area contributed by atoms with E-state index in [2.05, 4.69) is 14.8 Å². The van der Waals surface area contributed by atoms with E-state index in [1.807, 2.05) is 0 Å². The van der Waals surface area contributed by atoms with Gasteiger partial charge in [-0.15, -0.1) is 11.6 Å². The van der Waals surface area contributed by atoms with Gasteiger partial charge in [-0.05, 0) is 43.5 Å². The van der Waals surface area contributed by atoms with Gasteiger partial charge < -0.3 is 9.47 Å². The summed E-state index contributed by atoms with van der Waals surface area (Å²) in [6.45, 7) is 1.72. The van der Waals surface area contributed by atoms with Crippen molar-refractivity contribution < 1.29 is 32.2 Å². The van der Waals surface area contributed by atoms with Crippen molar-refractivity contribution in [2.24, 2.45) is 0 Å². The van der Waals surface area contributed by atoms with Crippen LogP contribution < -0.4 is 4.74 Å². The van der Waals surface area contributed by atoms with E-state index in [1.54, 1.807) is 25.1 Å². The molecule has 1 aromatic carbocycles. The van der Waals surface area contributed by atoms with Gasteiger partial charge in [0.2, 0.25) is 0 Å². The molecule has 1 aromatic heterocycles. The molecule has 0 saturated heterocycles. The van der Waals surface area contributed by atoms with Gasteiger partial charge >= 0.3 is 18.1 Å². The summed E-state index contributed by atoms with van der Waals surface area (Å²) < 4.78 is 47.8. The van der Waals surface area contributed by atoms with Crippen LogP contribution in [0.25, 0.3) is 11.8 Å². The molecule has 0 fully saturated rings. The molecule has 11 heteroatoms. The summed E-state index contributed by atoms with van der Waals surface area (Å²) >= 11 is 5.61. The van der Waals surface area contributed by atoms with Crippen LogP contribution >= 0.6 is 11.6 Å². The Bertz CT molecular complexity index is 925. The van der Waals surface area contributed by atoms with Gasteiger partial charge in [0.15, 0.2) is 0 Å². The van der Waals surface area contributed by atoms with Gasteiger partial charge in [0.1, 0.15) is 23.6 Å². The molecule has 0 spiro atoms. The van der Waals surface area contributed by atoms with Crippen molar-refractivity contribution in [2.75, 3.05) is 13.0 Å². The second-order valence-electron chi connectivity index (χ2n) is 5.80. The summed E-state index contributed by atoms with van der Waals surface area (Å²) in [5.41, 5.74) is 0.889. The Morgan fingerprint density at radius 1 is 1.31 bits per heavy atom. The molecule has 2 aromatic rings. The SMILES string of the molecule is COc1cc(/C=C(\CCCCl)C(=O)OC(=O)C(F)(F)F)ccc1-n1cnc(C)n1. The van der Waals surface area contributed by atoms with Gasteiger partial charge in [-0.1, -0.05) is 6.07 Å². The number of ether oxygens (including phenoxy) is 2. The number of carbonyl (C=O) groups excluding carboxylic acids is 2. The van der Waals surface area contributed by atoms with Crippen molar-refractivity contribution >= 4 is 29.6 Å². The summed E-state index contributed by atoms with van der Waals surface area (Å²) in [6.07, 6.45) is -2.13. The standard InChI is InChI=1S/C18H17ClF3N3O4/c1-11-23-10-25(24-11)14-6-5-12(9-15(14)28-2)8-13(4-3-7-19)16(26)29-17(27)18(20,21)22/h5-6,8-10H,3-4,7H2,1-2H3/b13-8+. The van der Waals surface area contributed by atoms with E-state index in [4.69, 9.17) is 16.3 Å². The molecular formula is C18H17ClF3N3O4. The highest BCUT2D eigenvalue weighted by Gasteiger charge is 2.42. The van der Waals surface area contributed by atoms with Crippen LogP contribution in [0.15, 0.2) is 30.1 Å². The minimum absolute atomic E-state index is 0.0276. The molecule has 0 amide bonds. The van der Waals surface area contributed by atoms with Crippen LogP contribution in [0.1, 0.15) is 24.2 Å². The van der Waals surface area contributed by atoms with Crippen LogP contribution in [0, 0.1) is 6.92 Å². The third-order valence-corrected chi connectivity index (χ3v) is 3.92. The lowest BCUT2D eigenvalue weighted by molar-refractivity contribution is -0.200. The lowest BCUT2D eigenvalue weighted by Gasteiger charge is -2.11. The molecule has 0 bridgehead atoms. The molecule has 0 aliphatic carbocycles. The smallest absolute Gasteiger partial charge is 0.491 e. The number of aromatic nitrogens is 3. The molecule has 0 N–H and O–H groups in total. The first-order chi connectivity index (χ1) is 13.7. The molecule has 2 rings (SSSR count). The van der Waals surface area contributed by atoms with E-state index in [-0.39, 0.29) is 17.9 Å². The first-order valence-electron chi connectivity index (χ1n) is 8.32. The third-order valence-electron chi connectivity index (χ3n) is 3.66. The number of methoxy groups -OCH3 is 1. The average molecular weight is 432 g/mol. The number of aryl methyl sites for hydroxylation is 1. The first-order valence-corrected chi connectivity index (χ1v) is 8.85. The van der Waals surface area contributed by atoms with Crippen LogP contribution in [0.5, 0.6) is 5.75 Å². The molecule has 1 heterocycles. The highest BCUT2D eigenvalue weighted by atomic mass is 35.5. The number of hydrogen-bond acceptors (Lipinski definition) is 6. The maximum Gasteiger partial charge on any atom is 0.491 e. The normalized spacial score (nSPS) is 12.0. The van der Waals surface area contributed by atoms with Crippen molar-refractivity contribution in [1.29, 1.82) is 0 Å². The van der Waals surface area contributed by atoms with Crippen molar-refractivity contribution in [3.8, 4) is 11.4 Å². The first kappa shape index (κ1) is 22.4. The van der Waals surface area contributed by atoms with E-state index in [1.165, 1.54) is 24.2 Å². The van der Waals surface area contributed by atoms with Crippen LogP contribution in [-0.4, -0.2) is 45.9 Å². The zero-order valence-electron chi connectivity index (χ0n) is 15.5. The summed E-state index contributed by atoms with van der Waals surface area (Å²) in [7, 11) is 1.43. The van der Waals surface area contributed by atoms with Crippen LogP contribution in [0.3, 0.4) is 0 Å². The molecule has 7 nitrogen and oxygen atoms in total. The summed E-state index contributed by atoms with van der Waals surface area (Å²) in [6, 6.07) is 4.81. The molecule has 29 heavy (non-hydrogen) atoms. The molecule has 0 unspecified atom stereocenters. The molecular weight excluding hydrogens is 415 g/mol. The Balaban J connectivity index is 2.34. The van der Waals surface area contributed by atoms with E-state index < -0.39 is 18.1 Å². The fourth-order valence-electron chi connectivity index (χ4n) is 2.33. The van der Waals surface area contributed by atoms with Gasteiger partial charge in [0.25, 0.3) is 0 Å². The minimum atomic E-state index is -5.27. The van der Waals surface area contributed by atoms with Crippen LogP contribution in [0.4, 0.5) is 13.2 Å². The van der Waals surface area contributed by atoms with Crippen molar-refractivity contribution in [3.05, 3.63) is 41.5 Å². The van der Waals surface area contributed by atoms with Crippen LogP contribution in [-0.2, 0) is 14.3 Å². The van der Waals surface area contributed by atoms with Crippen molar-refractivity contribution in [1.82, 2.24) is 14.8 Å². The predicted octanol–water partition coefficient (Wildman–Crippen LogP) is 3.62. The summed E-state index contributed by atoms with van der Waals surface area (Å²) in [5.74, 6) is -2.84.